The minimum atomic E-state index is -0.345. The van der Waals surface area contributed by atoms with Gasteiger partial charge in [-0.1, -0.05) is 0 Å². The van der Waals surface area contributed by atoms with Gasteiger partial charge in [-0.15, -0.1) is 0 Å². The van der Waals surface area contributed by atoms with Crippen molar-refractivity contribution < 1.29 is 9.31 Å². The van der Waals surface area contributed by atoms with Crippen LogP contribution in [0.3, 0.4) is 0 Å². The summed E-state index contributed by atoms with van der Waals surface area (Å²) in [6, 6.07) is 0. The van der Waals surface area contributed by atoms with E-state index in [1.165, 1.54) is 0 Å². The average molecular weight is 226 g/mol. The highest BCUT2D eigenvalue weighted by atomic mass is 16.7. The average Bonchev–Trinajstić information content (AvgIpc) is 2.31. The van der Waals surface area contributed by atoms with Crippen LogP contribution in [0.2, 0.25) is 0 Å². The fourth-order valence-corrected chi connectivity index (χ4v) is 1.58. The van der Waals surface area contributed by atoms with Crippen LogP contribution in [0.1, 0.15) is 34.6 Å². The highest BCUT2D eigenvalue weighted by Crippen LogP contribution is 2.38. The van der Waals surface area contributed by atoms with E-state index in [1.807, 2.05) is 41.7 Å². The van der Waals surface area contributed by atoms with Gasteiger partial charge in [0, 0.05) is 12.2 Å². The largest absolute Gasteiger partial charge is 0.493 e. The molecule has 1 heterocycles. The Balaban J connectivity index is 2.90. The predicted molar refractivity (Wildman–Crippen MR) is 66.9 cm³/mol. The van der Waals surface area contributed by atoms with Gasteiger partial charge in [-0.05, 0) is 47.1 Å². The molecule has 0 saturated carbocycles. The Hall–Kier alpha value is -0.515. The number of hydrogen-bond donors (Lipinski definition) is 2. The molecule has 92 valence electrons. The van der Waals surface area contributed by atoms with Crippen LogP contribution in [0.4, 0.5) is 0 Å². The van der Waals surface area contributed by atoms with E-state index in [0.717, 1.165) is 11.2 Å². The van der Waals surface area contributed by atoms with E-state index in [1.54, 1.807) is 0 Å². The topological polar surface area (TPSA) is 56.5 Å². The number of rotatable bonds is 3. The van der Waals surface area contributed by atoms with Crippen LogP contribution < -0.4 is 11.1 Å². The minimum absolute atomic E-state index is 0.313. The number of nitrogens with one attached hydrogen (secondary N) is 1. The van der Waals surface area contributed by atoms with Gasteiger partial charge in [-0.2, -0.15) is 0 Å². The molecule has 0 aliphatic carbocycles. The molecule has 5 heteroatoms. The van der Waals surface area contributed by atoms with Gasteiger partial charge >= 0.3 is 7.12 Å². The van der Waals surface area contributed by atoms with Crippen molar-refractivity contribution in [3.05, 3.63) is 11.2 Å². The van der Waals surface area contributed by atoms with Gasteiger partial charge in [-0.3, -0.25) is 0 Å². The summed E-state index contributed by atoms with van der Waals surface area (Å²) in [4.78, 5) is 0. The third kappa shape index (κ3) is 2.42. The summed E-state index contributed by atoms with van der Waals surface area (Å²) in [6.07, 6.45) is 0. The first-order valence-corrected chi connectivity index (χ1v) is 5.66. The van der Waals surface area contributed by atoms with E-state index in [0.29, 0.717) is 6.54 Å². The molecule has 1 saturated heterocycles. The molecule has 0 spiro atoms. The number of nitrogens with two attached hydrogens (primary N) is 1. The standard InChI is InChI=1S/C11H23BN2O2/c1-8(13)9(7-14-6)12-15-10(2,3)11(4,5)16-12/h14H,7,13H2,1-6H3/b9-8+. The SMILES string of the molecule is CNC/C(B1OC(C)(C)C(C)(C)O1)=C(/C)N. The maximum Gasteiger partial charge on any atom is 0.493 e. The van der Waals surface area contributed by atoms with E-state index in [2.05, 4.69) is 5.32 Å². The molecule has 3 N–H and O–H groups in total. The molecule has 1 fully saturated rings. The number of hydrogen-bond acceptors (Lipinski definition) is 4. The van der Waals surface area contributed by atoms with Crippen LogP contribution in [-0.2, 0) is 9.31 Å². The molecular formula is C11H23BN2O2. The second kappa shape index (κ2) is 4.39. The van der Waals surface area contributed by atoms with Crippen molar-refractivity contribution >= 4 is 7.12 Å². The lowest BCUT2D eigenvalue weighted by Crippen LogP contribution is -2.41. The molecule has 16 heavy (non-hydrogen) atoms. The summed E-state index contributed by atoms with van der Waals surface area (Å²) in [5.41, 5.74) is 6.96. The molecule has 1 rings (SSSR count). The quantitative estimate of drug-likeness (QED) is 0.707. The van der Waals surface area contributed by atoms with Crippen molar-refractivity contribution in [1.82, 2.24) is 5.32 Å². The third-order valence-corrected chi connectivity index (χ3v) is 3.41. The van der Waals surface area contributed by atoms with Crippen molar-refractivity contribution in [1.29, 1.82) is 0 Å². The van der Waals surface area contributed by atoms with E-state index in [-0.39, 0.29) is 18.3 Å². The Labute approximate surface area is 98.7 Å². The molecule has 1 aliphatic heterocycles. The monoisotopic (exact) mass is 226 g/mol. The minimum Gasteiger partial charge on any atom is -0.403 e. The van der Waals surface area contributed by atoms with Crippen molar-refractivity contribution in [2.24, 2.45) is 5.73 Å². The van der Waals surface area contributed by atoms with Crippen LogP contribution >= 0.6 is 0 Å². The van der Waals surface area contributed by atoms with Gasteiger partial charge in [0.2, 0.25) is 0 Å². The van der Waals surface area contributed by atoms with Gasteiger partial charge in [0.25, 0.3) is 0 Å². The van der Waals surface area contributed by atoms with E-state index >= 15 is 0 Å². The summed E-state index contributed by atoms with van der Waals surface area (Å²) in [5.74, 6) is 0. The Bertz CT molecular complexity index is 280. The van der Waals surface area contributed by atoms with Gasteiger partial charge in [0.1, 0.15) is 0 Å². The maximum atomic E-state index is 5.94. The first-order valence-electron chi connectivity index (χ1n) is 5.66. The molecule has 0 bridgehead atoms. The zero-order valence-electron chi connectivity index (χ0n) is 11.2. The molecule has 1 aliphatic rings. The first-order chi connectivity index (χ1) is 7.21. The van der Waals surface area contributed by atoms with Crippen molar-refractivity contribution in [3.8, 4) is 0 Å². The Morgan fingerprint density at radius 3 is 1.94 bits per heavy atom. The van der Waals surface area contributed by atoms with Gasteiger partial charge in [-0.25, -0.2) is 0 Å². The molecule has 0 amide bonds. The first kappa shape index (κ1) is 13.5. The van der Waals surface area contributed by atoms with Crippen molar-refractivity contribution in [2.45, 2.75) is 45.8 Å². The second-order valence-electron chi connectivity index (χ2n) is 5.33. The normalized spacial score (nSPS) is 24.5. The van der Waals surface area contributed by atoms with Crippen molar-refractivity contribution in [3.63, 3.8) is 0 Å². The lowest BCUT2D eigenvalue weighted by atomic mass is 9.77. The summed E-state index contributed by atoms with van der Waals surface area (Å²) < 4.78 is 11.9. The molecule has 0 aromatic heterocycles. The van der Waals surface area contributed by atoms with Gasteiger partial charge in [0.15, 0.2) is 0 Å². The third-order valence-electron chi connectivity index (χ3n) is 3.41. The molecule has 0 unspecified atom stereocenters. The van der Waals surface area contributed by atoms with Crippen molar-refractivity contribution in [2.75, 3.05) is 13.6 Å². The molecule has 0 aromatic carbocycles. The summed E-state index contributed by atoms with van der Waals surface area (Å²) in [7, 11) is 1.54. The molecule has 4 nitrogen and oxygen atoms in total. The van der Waals surface area contributed by atoms with Crippen LogP contribution in [0, 0.1) is 0 Å². The number of likely N-dealkylation sites (N-methyl/N-ethyl adjacent to an activating group) is 1. The highest BCUT2D eigenvalue weighted by molar-refractivity contribution is 6.55. The zero-order valence-corrected chi connectivity index (χ0v) is 11.2. The smallest absolute Gasteiger partial charge is 0.403 e. The molecular weight excluding hydrogens is 203 g/mol. The van der Waals surface area contributed by atoms with E-state index in [9.17, 15) is 0 Å². The fraction of sp³-hybridized carbons (Fsp3) is 0.818. The Kier molecular flexibility index (Phi) is 3.72. The van der Waals surface area contributed by atoms with Crippen LogP contribution in [0.25, 0.3) is 0 Å². The molecule has 0 radical (unpaired) electrons. The van der Waals surface area contributed by atoms with Crippen LogP contribution in [0.5, 0.6) is 0 Å². The zero-order chi connectivity index (χ0) is 12.6. The summed E-state index contributed by atoms with van der Waals surface area (Å²) in [5, 5.41) is 3.08. The fourth-order valence-electron chi connectivity index (χ4n) is 1.58. The number of allylic oxidation sites excluding steroid dienone is 1. The van der Waals surface area contributed by atoms with Crippen LogP contribution in [-0.4, -0.2) is 31.9 Å². The van der Waals surface area contributed by atoms with Gasteiger partial charge in [0.05, 0.1) is 11.2 Å². The molecule has 0 atom stereocenters. The van der Waals surface area contributed by atoms with E-state index in [4.69, 9.17) is 15.0 Å². The maximum absolute atomic E-state index is 5.94. The Morgan fingerprint density at radius 1 is 1.19 bits per heavy atom. The lowest BCUT2D eigenvalue weighted by molar-refractivity contribution is 0.00578. The second-order valence-corrected chi connectivity index (χ2v) is 5.33. The van der Waals surface area contributed by atoms with Crippen LogP contribution in [0.15, 0.2) is 11.2 Å². The predicted octanol–water partition coefficient (Wildman–Crippen LogP) is 1.07. The lowest BCUT2D eigenvalue weighted by Gasteiger charge is -2.32. The van der Waals surface area contributed by atoms with E-state index < -0.39 is 0 Å². The summed E-state index contributed by atoms with van der Waals surface area (Å²) in [6.45, 7) is 10.7. The highest BCUT2D eigenvalue weighted by Gasteiger charge is 2.52. The van der Waals surface area contributed by atoms with Gasteiger partial charge < -0.3 is 20.4 Å². The summed E-state index contributed by atoms with van der Waals surface area (Å²) >= 11 is 0. The molecule has 0 aromatic rings. The Morgan fingerprint density at radius 2 is 1.62 bits per heavy atom.